The highest BCUT2D eigenvalue weighted by molar-refractivity contribution is 5.93. The van der Waals surface area contributed by atoms with E-state index < -0.39 is 12.1 Å². The molecular formula is C19H21F3N4O5. The fraction of sp³-hybridized carbons (Fsp3) is 0.421. The van der Waals surface area contributed by atoms with Gasteiger partial charge in [-0.2, -0.15) is 18.3 Å². The van der Waals surface area contributed by atoms with Crippen LogP contribution in [-0.4, -0.2) is 70.6 Å². The molecule has 12 heteroatoms. The number of fused-ring (bicyclic) bond motifs is 2. The summed E-state index contributed by atoms with van der Waals surface area (Å²) in [4.78, 5) is 25.0. The molecule has 4 rings (SSSR count). The molecule has 0 radical (unpaired) electrons. The highest BCUT2D eigenvalue weighted by atomic mass is 19.4. The molecule has 0 fully saturated rings. The lowest BCUT2D eigenvalue weighted by molar-refractivity contribution is -0.192. The van der Waals surface area contributed by atoms with Crippen molar-refractivity contribution in [2.24, 2.45) is 0 Å². The van der Waals surface area contributed by atoms with E-state index in [1.54, 1.807) is 19.0 Å². The number of carbonyl (C=O) groups excluding carboxylic acids is 1. The zero-order valence-electron chi connectivity index (χ0n) is 16.8. The van der Waals surface area contributed by atoms with Crippen molar-refractivity contribution in [1.29, 1.82) is 0 Å². The highest BCUT2D eigenvalue weighted by Gasteiger charge is 2.38. The van der Waals surface area contributed by atoms with Crippen LogP contribution in [0.15, 0.2) is 18.2 Å². The van der Waals surface area contributed by atoms with E-state index in [2.05, 4.69) is 21.2 Å². The molecular weight excluding hydrogens is 421 g/mol. The molecule has 0 spiro atoms. The molecule has 31 heavy (non-hydrogen) atoms. The van der Waals surface area contributed by atoms with Gasteiger partial charge >= 0.3 is 12.1 Å². The lowest BCUT2D eigenvalue weighted by Crippen LogP contribution is -2.31. The van der Waals surface area contributed by atoms with Gasteiger partial charge in [0.15, 0.2) is 17.2 Å². The molecule has 1 amide bonds. The first-order valence-corrected chi connectivity index (χ1v) is 9.25. The van der Waals surface area contributed by atoms with Crippen LogP contribution in [0.1, 0.15) is 27.3 Å². The summed E-state index contributed by atoms with van der Waals surface area (Å²) in [5.41, 5.74) is 3.79. The van der Waals surface area contributed by atoms with Crippen LogP contribution in [0.2, 0.25) is 0 Å². The third kappa shape index (κ3) is 5.26. The second kappa shape index (κ2) is 8.84. The van der Waals surface area contributed by atoms with E-state index in [0.29, 0.717) is 5.69 Å². The van der Waals surface area contributed by atoms with Crippen molar-refractivity contribution in [3.63, 3.8) is 0 Å². The lowest BCUT2D eigenvalue weighted by atomic mass is 10.0. The number of carboxylic acid groups (broad SMARTS) is 1. The minimum atomic E-state index is -5.08. The molecule has 0 saturated heterocycles. The number of H-pyrrole nitrogens is 1. The van der Waals surface area contributed by atoms with Crippen molar-refractivity contribution in [3.8, 4) is 11.5 Å². The third-order valence-corrected chi connectivity index (χ3v) is 4.71. The number of halogens is 3. The molecule has 168 valence electrons. The number of nitrogens with zero attached hydrogens (tertiary/aromatic N) is 3. The van der Waals surface area contributed by atoms with Gasteiger partial charge in [-0.25, -0.2) is 4.79 Å². The molecule has 1 aromatic heterocycles. The Balaban J connectivity index is 0.000000339. The smallest absolute Gasteiger partial charge is 0.475 e. The zero-order chi connectivity index (χ0) is 22.8. The quantitative estimate of drug-likeness (QED) is 0.749. The van der Waals surface area contributed by atoms with Crippen molar-refractivity contribution < 1.29 is 37.3 Å². The van der Waals surface area contributed by atoms with Crippen molar-refractivity contribution in [3.05, 3.63) is 40.7 Å². The van der Waals surface area contributed by atoms with Gasteiger partial charge in [0, 0.05) is 51.4 Å². The van der Waals surface area contributed by atoms with Crippen molar-refractivity contribution in [2.45, 2.75) is 25.7 Å². The summed E-state index contributed by atoms with van der Waals surface area (Å²) in [6, 6.07) is 6.04. The SMILES string of the molecule is CN(C)C(=O)c1n[nH]c2c1CN(Cc1ccc3c(c1)OCO3)CC2.O=C(O)C(F)(F)F. The Bertz CT molecular complexity index is 974. The second-order valence-corrected chi connectivity index (χ2v) is 7.18. The van der Waals surface area contributed by atoms with Gasteiger partial charge in [-0.3, -0.25) is 14.8 Å². The Morgan fingerprint density at radius 1 is 1.26 bits per heavy atom. The summed E-state index contributed by atoms with van der Waals surface area (Å²) in [6.45, 7) is 2.74. The van der Waals surface area contributed by atoms with Crippen LogP contribution in [0.25, 0.3) is 0 Å². The van der Waals surface area contributed by atoms with Crippen molar-refractivity contribution in [2.75, 3.05) is 27.4 Å². The standard InChI is InChI=1S/C17H20N4O3.C2HF3O2/c1-20(2)17(22)16-12-9-21(6-5-13(12)18-19-16)8-11-3-4-14-15(7-11)24-10-23-14;3-2(4,5)1(6)7/h3-4,7H,5-6,8-10H2,1-2H3,(H,18,19);(H,6,7). The summed E-state index contributed by atoms with van der Waals surface area (Å²) in [6.07, 6.45) is -4.21. The highest BCUT2D eigenvalue weighted by Crippen LogP contribution is 2.33. The summed E-state index contributed by atoms with van der Waals surface area (Å²) in [5.74, 6) is -1.21. The number of alkyl halides is 3. The predicted molar refractivity (Wildman–Crippen MR) is 101 cm³/mol. The first-order chi connectivity index (χ1) is 14.6. The van der Waals surface area contributed by atoms with Gasteiger partial charge in [-0.1, -0.05) is 6.07 Å². The molecule has 0 aliphatic carbocycles. The average Bonchev–Trinajstić information content (AvgIpc) is 3.33. The Morgan fingerprint density at radius 3 is 2.58 bits per heavy atom. The van der Waals surface area contributed by atoms with Crippen molar-refractivity contribution >= 4 is 11.9 Å². The Kier molecular flexibility index (Phi) is 6.39. The van der Waals surface area contributed by atoms with Crippen molar-refractivity contribution in [1.82, 2.24) is 20.0 Å². The third-order valence-electron chi connectivity index (χ3n) is 4.71. The van der Waals surface area contributed by atoms with E-state index in [1.165, 1.54) is 5.56 Å². The molecule has 2 aliphatic rings. The van der Waals surface area contributed by atoms with Crippen LogP contribution in [0.5, 0.6) is 11.5 Å². The lowest BCUT2D eigenvalue weighted by Gasteiger charge is -2.27. The van der Waals surface area contributed by atoms with Gasteiger partial charge in [0.25, 0.3) is 5.91 Å². The fourth-order valence-electron chi connectivity index (χ4n) is 3.17. The van der Waals surface area contributed by atoms with E-state index in [-0.39, 0.29) is 12.7 Å². The molecule has 2 aliphatic heterocycles. The molecule has 0 saturated carbocycles. The Labute approximate surface area is 175 Å². The number of hydrogen-bond donors (Lipinski definition) is 2. The van der Waals surface area contributed by atoms with Gasteiger partial charge in [0.05, 0.1) is 0 Å². The van der Waals surface area contributed by atoms with Crippen LogP contribution in [0, 0.1) is 0 Å². The largest absolute Gasteiger partial charge is 0.490 e. The molecule has 2 N–H and O–H groups in total. The molecule has 0 bridgehead atoms. The number of aromatic amines is 1. The summed E-state index contributed by atoms with van der Waals surface area (Å²) in [7, 11) is 3.49. The summed E-state index contributed by atoms with van der Waals surface area (Å²) in [5, 5.41) is 14.4. The Hall–Kier alpha value is -3.28. The van der Waals surface area contributed by atoms with Crippen LogP contribution >= 0.6 is 0 Å². The maximum Gasteiger partial charge on any atom is 0.490 e. The minimum absolute atomic E-state index is 0.0579. The number of ether oxygens (including phenoxy) is 2. The summed E-state index contributed by atoms with van der Waals surface area (Å²) >= 11 is 0. The van der Waals surface area contributed by atoms with E-state index >= 15 is 0 Å². The van der Waals surface area contributed by atoms with E-state index in [4.69, 9.17) is 19.4 Å². The molecule has 9 nitrogen and oxygen atoms in total. The van der Waals surface area contributed by atoms with Crippen LogP contribution < -0.4 is 9.47 Å². The number of nitrogens with one attached hydrogen (secondary N) is 1. The van der Waals surface area contributed by atoms with Gasteiger partial charge in [-0.05, 0) is 17.7 Å². The van der Waals surface area contributed by atoms with Gasteiger partial charge in [0.1, 0.15) is 0 Å². The molecule has 2 aromatic rings. The van der Waals surface area contributed by atoms with Gasteiger partial charge < -0.3 is 19.5 Å². The number of hydrogen-bond acceptors (Lipinski definition) is 6. The number of aromatic nitrogens is 2. The van der Waals surface area contributed by atoms with E-state index in [1.807, 2.05) is 12.1 Å². The predicted octanol–water partition coefficient (Wildman–Crippen LogP) is 2.03. The number of carbonyl (C=O) groups is 2. The number of carboxylic acids is 1. The topological polar surface area (TPSA) is 108 Å². The summed E-state index contributed by atoms with van der Waals surface area (Å²) < 4.78 is 42.5. The van der Waals surface area contributed by atoms with Gasteiger partial charge in [0.2, 0.25) is 6.79 Å². The van der Waals surface area contributed by atoms with E-state index in [9.17, 15) is 18.0 Å². The maximum absolute atomic E-state index is 12.3. The molecule has 1 aromatic carbocycles. The zero-order valence-corrected chi connectivity index (χ0v) is 16.8. The number of benzene rings is 1. The first-order valence-electron chi connectivity index (χ1n) is 9.25. The fourth-order valence-corrected chi connectivity index (χ4v) is 3.17. The Morgan fingerprint density at radius 2 is 1.94 bits per heavy atom. The monoisotopic (exact) mass is 442 g/mol. The maximum atomic E-state index is 12.3. The minimum Gasteiger partial charge on any atom is -0.475 e. The number of amides is 1. The van der Waals surface area contributed by atoms with E-state index in [0.717, 1.165) is 48.8 Å². The number of rotatable bonds is 3. The van der Waals surface area contributed by atoms with Crippen LogP contribution in [0.3, 0.4) is 0 Å². The average molecular weight is 442 g/mol. The first kappa shape index (κ1) is 22.4. The normalized spacial score (nSPS) is 15.0. The van der Waals surface area contributed by atoms with Crippen LogP contribution in [-0.2, 0) is 24.3 Å². The second-order valence-electron chi connectivity index (χ2n) is 7.18. The molecule has 0 unspecified atom stereocenters. The molecule has 3 heterocycles. The molecule has 0 atom stereocenters. The van der Waals surface area contributed by atoms with Crippen LogP contribution in [0.4, 0.5) is 13.2 Å². The number of aliphatic carboxylic acids is 1. The van der Waals surface area contributed by atoms with Gasteiger partial charge in [-0.15, -0.1) is 0 Å².